The largest absolute Gasteiger partial charge is 0.387 e. The molecule has 0 N–H and O–H groups in total. The van der Waals surface area contributed by atoms with Crippen LogP contribution in [-0.4, -0.2) is 40.5 Å². The van der Waals surface area contributed by atoms with Gasteiger partial charge >= 0.3 is 0 Å². The van der Waals surface area contributed by atoms with E-state index in [1.807, 2.05) is 6.42 Å². The van der Waals surface area contributed by atoms with Gasteiger partial charge in [-0.3, -0.25) is 6.42 Å². The van der Waals surface area contributed by atoms with Gasteiger partial charge in [0.2, 0.25) is 0 Å². The Kier molecular flexibility index (Phi) is 32.2. The van der Waals surface area contributed by atoms with Gasteiger partial charge in [-0.05, 0) is 0 Å². The first-order valence-corrected chi connectivity index (χ1v) is 4.77. The monoisotopic (exact) mass is 382 g/mol. The summed E-state index contributed by atoms with van der Waals surface area (Å²) in [5.41, 5.74) is 0. The van der Waals surface area contributed by atoms with Crippen LogP contribution in [0.2, 0.25) is 0 Å². The summed E-state index contributed by atoms with van der Waals surface area (Å²) in [6.07, 6.45) is 4.96. The first kappa shape index (κ1) is 23.2. The Balaban J connectivity index is -0.000000845. The number of rotatable bonds is 11. The van der Waals surface area contributed by atoms with Crippen LogP contribution in [0.4, 0.5) is 0 Å². The summed E-state index contributed by atoms with van der Waals surface area (Å²) in [4.78, 5) is 0. The standard InChI is InChI=1S/C10H20O4.2Y/c1-3-4-6-13-10-14-8-5-7-12-9-11-2;;/h4-5H,3,6-10H2,1-2H3;;/q-2;;. The van der Waals surface area contributed by atoms with E-state index in [2.05, 4.69) is 13.3 Å². The van der Waals surface area contributed by atoms with Gasteiger partial charge in [-0.2, -0.15) is 6.42 Å². The molecule has 0 heterocycles. The van der Waals surface area contributed by atoms with Crippen LogP contribution >= 0.6 is 0 Å². The number of hydrogen-bond acceptors (Lipinski definition) is 4. The fourth-order valence-electron chi connectivity index (χ4n) is 0.703. The maximum atomic E-state index is 5.14. The van der Waals surface area contributed by atoms with E-state index in [-0.39, 0.29) is 65.4 Å². The van der Waals surface area contributed by atoms with Crippen LogP contribution in [-0.2, 0) is 84.4 Å². The molecule has 0 rings (SSSR count). The molecule has 4 nitrogen and oxygen atoms in total. The smallest absolute Gasteiger partial charge is 0.142 e. The Labute approximate surface area is 149 Å². The summed E-state index contributed by atoms with van der Waals surface area (Å²) in [6, 6.07) is 0. The molecule has 0 unspecified atom stereocenters. The third kappa shape index (κ3) is 21.3. The first-order chi connectivity index (χ1) is 6.91. The third-order valence-corrected chi connectivity index (χ3v) is 1.36. The number of ether oxygens (including phenoxy) is 4. The minimum Gasteiger partial charge on any atom is -0.387 e. The maximum Gasteiger partial charge on any atom is 0.142 e. The fourth-order valence-corrected chi connectivity index (χ4v) is 0.703. The topological polar surface area (TPSA) is 36.9 Å². The van der Waals surface area contributed by atoms with Gasteiger partial charge < -0.3 is 25.4 Å². The average Bonchev–Trinajstić information content (AvgIpc) is 2.21. The molecule has 2 radical (unpaired) electrons. The van der Waals surface area contributed by atoms with Crippen molar-refractivity contribution < 1.29 is 84.4 Å². The van der Waals surface area contributed by atoms with Crippen LogP contribution in [0, 0.1) is 12.8 Å². The van der Waals surface area contributed by atoms with Gasteiger partial charge in [0, 0.05) is 72.5 Å². The number of methoxy groups -OCH3 is 1. The van der Waals surface area contributed by atoms with E-state index in [1.165, 1.54) is 0 Å². The predicted octanol–water partition coefficient (Wildman–Crippen LogP) is 1.41. The average molecular weight is 382 g/mol. The Morgan fingerprint density at radius 1 is 0.812 bits per heavy atom. The molecule has 0 spiro atoms. The van der Waals surface area contributed by atoms with Gasteiger partial charge in [0.25, 0.3) is 0 Å². The van der Waals surface area contributed by atoms with Crippen molar-refractivity contribution in [1.29, 1.82) is 0 Å². The fraction of sp³-hybridized carbons (Fsp3) is 0.800. The molecular weight excluding hydrogens is 362 g/mol. The second kappa shape index (κ2) is 22.2. The van der Waals surface area contributed by atoms with Crippen LogP contribution in [0.15, 0.2) is 0 Å². The maximum absolute atomic E-state index is 5.14. The molecular formula is C10H20O4Y2-2. The third-order valence-electron chi connectivity index (χ3n) is 1.36. The molecule has 0 atom stereocenters. The second-order valence-electron chi connectivity index (χ2n) is 2.62. The molecule has 16 heavy (non-hydrogen) atoms. The Morgan fingerprint density at radius 3 is 1.81 bits per heavy atom. The Bertz CT molecular complexity index is 94.8. The van der Waals surface area contributed by atoms with Crippen LogP contribution in [0.5, 0.6) is 0 Å². The summed E-state index contributed by atoms with van der Waals surface area (Å²) in [7, 11) is 1.59. The van der Waals surface area contributed by atoms with Crippen molar-refractivity contribution in [3.05, 3.63) is 12.8 Å². The van der Waals surface area contributed by atoms with Gasteiger partial charge in [-0.1, -0.05) is 26.7 Å². The molecule has 0 fully saturated rings. The van der Waals surface area contributed by atoms with Gasteiger partial charge in [0.05, 0.1) is 0 Å². The van der Waals surface area contributed by atoms with E-state index in [0.29, 0.717) is 33.4 Å². The van der Waals surface area contributed by atoms with E-state index >= 15 is 0 Å². The summed E-state index contributed by atoms with van der Waals surface area (Å²) in [6.45, 7) is 4.45. The molecule has 0 aromatic carbocycles. The van der Waals surface area contributed by atoms with E-state index in [4.69, 9.17) is 18.9 Å². The number of hydrogen-bond donors (Lipinski definition) is 0. The molecule has 0 aromatic rings. The zero-order chi connectivity index (χ0) is 10.5. The van der Waals surface area contributed by atoms with Crippen molar-refractivity contribution in [3.8, 4) is 0 Å². The summed E-state index contributed by atoms with van der Waals surface area (Å²) >= 11 is 0. The van der Waals surface area contributed by atoms with Crippen molar-refractivity contribution >= 4 is 0 Å². The van der Waals surface area contributed by atoms with Crippen molar-refractivity contribution in [2.24, 2.45) is 0 Å². The van der Waals surface area contributed by atoms with Gasteiger partial charge in [0.15, 0.2) is 0 Å². The van der Waals surface area contributed by atoms with Crippen LogP contribution < -0.4 is 0 Å². The summed E-state index contributed by atoms with van der Waals surface area (Å²) in [5.74, 6) is 0. The molecule has 0 aliphatic rings. The minimum absolute atomic E-state index is 0. The molecule has 0 bridgehead atoms. The molecule has 0 aliphatic heterocycles. The van der Waals surface area contributed by atoms with Crippen molar-refractivity contribution in [2.45, 2.75) is 13.3 Å². The van der Waals surface area contributed by atoms with Crippen LogP contribution in [0.25, 0.3) is 0 Å². The van der Waals surface area contributed by atoms with Gasteiger partial charge in [-0.15, -0.1) is 0 Å². The molecule has 0 saturated heterocycles. The minimum atomic E-state index is 0. The van der Waals surface area contributed by atoms with Crippen molar-refractivity contribution in [3.63, 3.8) is 0 Å². The molecule has 0 aliphatic carbocycles. The van der Waals surface area contributed by atoms with E-state index in [1.54, 1.807) is 7.11 Å². The van der Waals surface area contributed by atoms with Crippen LogP contribution in [0.1, 0.15) is 13.3 Å². The Morgan fingerprint density at radius 2 is 1.31 bits per heavy atom. The Hall–Kier alpha value is 2.05. The van der Waals surface area contributed by atoms with Gasteiger partial charge in [0.1, 0.15) is 13.6 Å². The quantitative estimate of drug-likeness (QED) is 0.308. The normalized spacial score (nSPS) is 9.38. The van der Waals surface area contributed by atoms with E-state index < -0.39 is 0 Å². The summed E-state index contributed by atoms with van der Waals surface area (Å²) < 4.78 is 20.0. The van der Waals surface area contributed by atoms with E-state index in [0.717, 1.165) is 6.42 Å². The second-order valence-corrected chi connectivity index (χ2v) is 2.62. The molecule has 92 valence electrons. The predicted molar refractivity (Wildman–Crippen MR) is 53.5 cm³/mol. The van der Waals surface area contributed by atoms with E-state index in [9.17, 15) is 0 Å². The molecule has 0 saturated carbocycles. The zero-order valence-corrected chi connectivity index (χ0v) is 15.9. The van der Waals surface area contributed by atoms with Crippen LogP contribution in [0.3, 0.4) is 0 Å². The number of unbranched alkanes of at least 4 members (excludes halogenated alkanes) is 1. The SMILES string of the molecule is CC[CH-]COCOC[CH-]COCOC.[Y].[Y]. The van der Waals surface area contributed by atoms with Crippen molar-refractivity contribution in [1.82, 2.24) is 0 Å². The van der Waals surface area contributed by atoms with Gasteiger partial charge in [-0.25, -0.2) is 0 Å². The zero-order valence-electron chi connectivity index (χ0n) is 10.2. The first-order valence-electron chi connectivity index (χ1n) is 4.77. The molecule has 6 heteroatoms. The molecule has 0 amide bonds. The van der Waals surface area contributed by atoms with Crippen molar-refractivity contribution in [2.75, 3.05) is 40.5 Å². The molecule has 0 aromatic heterocycles. The summed E-state index contributed by atoms with van der Waals surface area (Å²) in [5, 5.41) is 0.